The number of nitrogen functional groups attached to an aromatic ring is 1. The number of hydrogen-bond acceptors (Lipinski definition) is 2. The van der Waals surface area contributed by atoms with Crippen molar-refractivity contribution in [2.75, 3.05) is 10.6 Å². The van der Waals surface area contributed by atoms with Crippen molar-refractivity contribution >= 4 is 41.4 Å². The summed E-state index contributed by atoms with van der Waals surface area (Å²) in [5, 5.41) is 8.05. The second-order valence-electron chi connectivity index (χ2n) is 4.12. The van der Waals surface area contributed by atoms with Crippen LogP contribution in [-0.4, -0.2) is 11.9 Å². The number of hydrogen-bond donors (Lipinski definition) is 4. The fourth-order valence-electron chi connectivity index (χ4n) is 1.77. The summed E-state index contributed by atoms with van der Waals surface area (Å²) in [7, 11) is 0. The molecule has 7 N–H and O–H groups in total. The monoisotopic (exact) mass is 304 g/mol. The average molecular weight is 305 g/mol. The highest BCUT2D eigenvalue weighted by atomic mass is 35.5. The van der Waals surface area contributed by atoms with Crippen LogP contribution in [0, 0.1) is 5.41 Å². The molecule has 6 nitrogen and oxygen atoms in total. The minimum Gasteiger partial charge on any atom is -0.399 e. The molecule has 0 radical (unpaired) electrons. The SMILES string of the molecule is Cl.N=C(N=C(N)N)N(c1ccccc1)c1ccc(N)cc1. The summed E-state index contributed by atoms with van der Waals surface area (Å²) in [4.78, 5) is 5.43. The standard InChI is InChI=1S/C14H16N6.ClH/c15-10-6-8-12(9-7-10)20(14(18)19-13(16)17)11-4-2-1-3-5-11;/h1-9H,15H2,(H5,16,17,18,19);1H. The van der Waals surface area contributed by atoms with Crippen LogP contribution in [0.2, 0.25) is 0 Å². The van der Waals surface area contributed by atoms with Crippen molar-refractivity contribution in [3.05, 3.63) is 54.6 Å². The second kappa shape index (κ2) is 7.16. The molecule has 110 valence electrons. The highest BCUT2D eigenvalue weighted by molar-refractivity contribution is 6.06. The first-order chi connectivity index (χ1) is 9.58. The summed E-state index contributed by atoms with van der Waals surface area (Å²) >= 11 is 0. The molecule has 0 amide bonds. The normalized spacial score (nSPS) is 9.33. The van der Waals surface area contributed by atoms with Crippen LogP contribution in [0.1, 0.15) is 0 Å². The van der Waals surface area contributed by atoms with Crippen molar-refractivity contribution in [1.29, 1.82) is 5.41 Å². The third kappa shape index (κ3) is 4.12. The molecule has 2 aromatic rings. The predicted molar refractivity (Wildman–Crippen MR) is 90.2 cm³/mol. The first kappa shape index (κ1) is 16.3. The van der Waals surface area contributed by atoms with Gasteiger partial charge in [-0.2, -0.15) is 4.99 Å². The highest BCUT2D eigenvalue weighted by Crippen LogP contribution is 2.26. The van der Waals surface area contributed by atoms with Gasteiger partial charge >= 0.3 is 0 Å². The minimum absolute atomic E-state index is 0. The van der Waals surface area contributed by atoms with Crippen LogP contribution in [0.4, 0.5) is 17.1 Å². The highest BCUT2D eigenvalue weighted by Gasteiger charge is 2.14. The Bertz CT molecular complexity index is 620. The topological polar surface area (TPSA) is 118 Å². The molecule has 0 saturated heterocycles. The van der Waals surface area contributed by atoms with Gasteiger partial charge in [0.1, 0.15) is 0 Å². The number of benzene rings is 2. The van der Waals surface area contributed by atoms with Gasteiger partial charge in [-0.3, -0.25) is 10.3 Å². The maximum atomic E-state index is 8.05. The molecule has 7 heteroatoms. The Balaban J connectivity index is 0.00000220. The molecule has 0 heterocycles. The van der Waals surface area contributed by atoms with E-state index in [1.54, 1.807) is 29.2 Å². The van der Waals surface area contributed by atoms with E-state index in [-0.39, 0.29) is 24.3 Å². The van der Waals surface area contributed by atoms with Gasteiger partial charge in [-0.25, -0.2) is 0 Å². The van der Waals surface area contributed by atoms with Gasteiger partial charge in [-0.05, 0) is 36.4 Å². The summed E-state index contributed by atoms with van der Waals surface area (Å²) < 4.78 is 0. The molecule has 0 aliphatic carbocycles. The van der Waals surface area contributed by atoms with Gasteiger partial charge in [-0.1, -0.05) is 18.2 Å². The lowest BCUT2D eigenvalue weighted by Crippen LogP contribution is -2.30. The smallest absolute Gasteiger partial charge is 0.230 e. The minimum atomic E-state index is -0.161. The van der Waals surface area contributed by atoms with Gasteiger partial charge in [0.05, 0.1) is 0 Å². The zero-order chi connectivity index (χ0) is 14.5. The van der Waals surface area contributed by atoms with Gasteiger partial charge < -0.3 is 17.2 Å². The van der Waals surface area contributed by atoms with Gasteiger partial charge in [0.2, 0.25) is 5.96 Å². The summed E-state index contributed by atoms with van der Waals surface area (Å²) in [5.41, 5.74) is 18.6. The van der Waals surface area contributed by atoms with E-state index in [1.807, 2.05) is 30.3 Å². The Kier molecular flexibility index (Phi) is 5.57. The Morgan fingerprint density at radius 3 is 1.95 bits per heavy atom. The van der Waals surface area contributed by atoms with Crippen LogP contribution >= 0.6 is 12.4 Å². The van der Waals surface area contributed by atoms with Crippen LogP contribution in [0.5, 0.6) is 0 Å². The number of anilines is 3. The van der Waals surface area contributed by atoms with Crippen molar-refractivity contribution in [3.63, 3.8) is 0 Å². The Morgan fingerprint density at radius 1 is 0.905 bits per heavy atom. The zero-order valence-corrected chi connectivity index (χ0v) is 12.0. The van der Waals surface area contributed by atoms with E-state index >= 15 is 0 Å². The van der Waals surface area contributed by atoms with Crippen molar-refractivity contribution in [2.45, 2.75) is 0 Å². The molecule has 0 spiro atoms. The molecule has 0 aliphatic heterocycles. The number of nitrogens with zero attached hydrogens (tertiary/aromatic N) is 2. The lowest BCUT2D eigenvalue weighted by molar-refractivity contribution is 1.24. The summed E-state index contributed by atoms with van der Waals surface area (Å²) in [6.07, 6.45) is 0. The molecule has 0 bridgehead atoms. The van der Waals surface area contributed by atoms with Gasteiger partial charge in [0.15, 0.2) is 5.96 Å². The first-order valence-electron chi connectivity index (χ1n) is 5.97. The lowest BCUT2D eigenvalue weighted by Gasteiger charge is -2.23. The molecule has 0 aliphatic rings. The van der Waals surface area contributed by atoms with E-state index in [9.17, 15) is 0 Å². The molecule has 0 aromatic heterocycles. The fraction of sp³-hybridized carbons (Fsp3) is 0. The number of guanidine groups is 2. The van der Waals surface area contributed by atoms with Crippen molar-refractivity contribution in [2.24, 2.45) is 16.5 Å². The van der Waals surface area contributed by atoms with Crippen LogP contribution in [-0.2, 0) is 0 Å². The third-order valence-corrected chi connectivity index (χ3v) is 2.61. The Labute approximate surface area is 129 Å². The van der Waals surface area contributed by atoms with E-state index in [0.29, 0.717) is 5.69 Å². The number of para-hydroxylation sites is 1. The molecule has 0 saturated carbocycles. The Hall–Kier alpha value is -2.73. The number of nitrogens with one attached hydrogen (secondary N) is 1. The van der Waals surface area contributed by atoms with Crippen LogP contribution in [0.3, 0.4) is 0 Å². The van der Waals surface area contributed by atoms with E-state index in [0.717, 1.165) is 11.4 Å². The maximum absolute atomic E-state index is 8.05. The van der Waals surface area contributed by atoms with Crippen LogP contribution in [0.15, 0.2) is 59.6 Å². The van der Waals surface area contributed by atoms with Crippen molar-refractivity contribution < 1.29 is 0 Å². The number of aliphatic imine (C=N–C) groups is 1. The molecular formula is C14H17ClN6. The average Bonchev–Trinajstić information content (AvgIpc) is 2.42. The van der Waals surface area contributed by atoms with E-state index in [4.69, 9.17) is 22.6 Å². The van der Waals surface area contributed by atoms with E-state index < -0.39 is 0 Å². The summed E-state index contributed by atoms with van der Waals surface area (Å²) in [6.45, 7) is 0. The Morgan fingerprint density at radius 2 is 1.43 bits per heavy atom. The van der Waals surface area contributed by atoms with Crippen LogP contribution in [0.25, 0.3) is 0 Å². The van der Waals surface area contributed by atoms with E-state index in [1.165, 1.54) is 0 Å². The van der Waals surface area contributed by atoms with Gasteiger partial charge in [0, 0.05) is 17.1 Å². The number of halogens is 1. The lowest BCUT2D eigenvalue weighted by atomic mass is 10.2. The zero-order valence-electron chi connectivity index (χ0n) is 11.2. The molecule has 0 unspecified atom stereocenters. The molecular weight excluding hydrogens is 288 g/mol. The molecule has 21 heavy (non-hydrogen) atoms. The van der Waals surface area contributed by atoms with Gasteiger partial charge in [0.25, 0.3) is 0 Å². The second-order valence-corrected chi connectivity index (χ2v) is 4.12. The molecule has 2 rings (SSSR count). The summed E-state index contributed by atoms with van der Waals surface area (Å²) in [6, 6.07) is 16.5. The maximum Gasteiger partial charge on any atom is 0.230 e. The fourth-order valence-corrected chi connectivity index (χ4v) is 1.77. The quantitative estimate of drug-likeness (QED) is 0.386. The largest absolute Gasteiger partial charge is 0.399 e. The summed E-state index contributed by atoms with van der Waals surface area (Å²) in [5.74, 6) is -0.229. The first-order valence-corrected chi connectivity index (χ1v) is 5.97. The molecule has 2 aromatic carbocycles. The molecule has 0 atom stereocenters. The van der Waals surface area contributed by atoms with E-state index in [2.05, 4.69) is 4.99 Å². The van der Waals surface area contributed by atoms with Gasteiger partial charge in [-0.15, -0.1) is 12.4 Å². The van der Waals surface area contributed by atoms with Crippen molar-refractivity contribution in [1.82, 2.24) is 0 Å². The third-order valence-electron chi connectivity index (χ3n) is 2.61. The predicted octanol–water partition coefficient (Wildman–Crippen LogP) is 2.04. The van der Waals surface area contributed by atoms with Crippen molar-refractivity contribution in [3.8, 4) is 0 Å². The number of rotatable bonds is 2. The van der Waals surface area contributed by atoms with Crippen LogP contribution < -0.4 is 22.1 Å². The number of nitrogens with two attached hydrogens (primary N) is 3. The molecule has 0 fully saturated rings.